The van der Waals surface area contributed by atoms with E-state index in [2.05, 4.69) is 182 Å². The Bertz CT molecular complexity index is 2070. The number of hydrogen-bond donors (Lipinski definition) is 0. The normalized spacial score (nSPS) is 11.0. The molecule has 0 saturated heterocycles. The van der Waals surface area contributed by atoms with Crippen LogP contribution in [0.4, 0.5) is 11.4 Å². The molecule has 0 aliphatic rings. The summed E-state index contributed by atoms with van der Waals surface area (Å²) < 4.78 is 6.38. The summed E-state index contributed by atoms with van der Waals surface area (Å²) in [6.07, 6.45) is 0. The van der Waals surface area contributed by atoms with Gasteiger partial charge in [0, 0.05) is 6.07 Å². The minimum Gasteiger partial charge on any atom is -0.868 e. The molecule has 0 atom stereocenters. The van der Waals surface area contributed by atoms with Crippen molar-refractivity contribution in [3.8, 4) is 5.75 Å². The van der Waals surface area contributed by atoms with Crippen LogP contribution in [0.5, 0.6) is 5.75 Å². The molecule has 7 aromatic carbocycles. The summed E-state index contributed by atoms with van der Waals surface area (Å²) in [5.41, 5.74) is -1.25. The minimum absolute atomic E-state index is 0.466. The van der Waals surface area contributed by atoms with Crippen molar-refractivity contribution in [2.75, 3.05) is 0 Å². The van der Waals surface area contributed by atoms with E-state index in [-0.39, 0.29) is 0 Å². The number of nitro groups is 2. The summed E-state index contributed by atoms with van der Waals surface area (Å²) in [6, 6.07) is 68.0. The molecule has 8 nitrogen and oxygen atoms in total. The van der Waals surface area contributed by atoms with E-state index in [1.165, 1.54) is 31.8 Å². The fraction of sp³-hybridized carbons (Fsp3) is 0. The van der Waals surface area contributed by atoms with E-state index >= 15 is 0 Å². The Labute approximate surface area is 301 Å². The number of nitro benzene ring substituents is 2. The molecule has 0 radical (unpaired) electrons. The van der Waals surface area contributed by atoms with Gasteiger partial charge in [-0.05, 0) is 78.5 Å². The zero-order valence-corrected chi connectivity index (χ0v) is 29.6. The summed E-state index contributed by atoms with van der Waals surface area (Å²) >= 11 is 0. The third-order valence-electron chi connectivity index (χ3n) is 8.40. The second-order valence-electron chi connectivity index (χ2n) is 11.5. The molecule has 7 rings (SSSR count). The third-order valence-corrected chi connectivity index (χ3v) is 16.8. The maximum Gasteiger partial charge on any atom is 0.301 e. The Balaban J connectivity index is 0.000000303. The molecule has 0 spiro atoms. The molecule has 0 saturated carbocycles. The van der Waals surface area contributed by atoms with E-state index in [9.17, 15) is 25.3 Å². The number of rotatable bonds is 8. The summed E-state index contributed by atoms with van der Waals surface area (Å²) in [5, 5.41) is 38.7. The highest BCUT2D eigenvalue weighted by Crippen LogP contribution is 2.50. The molecular formula is C42H33N3O5P2. The van der Waals surface area contributed by atoms with Gasteiger partial charge in [0.15, 0.2) is 0 Å². The van der Waals surface area contributed by atoms with Crippen LogP contribution in [0.2, 0.25) is 0 Å². The van der Waals surface area contributed by atoms with Crippen LogP contribution in [-0.2, 0) is 0 Å². The molecule has 0 fully saturated rings. The van der Waals surface area contributed by atoms with E-state index in [4.69, 9.17) is 4.17 Å². The molecule has 256 valence electrons. The largest absolute Gasteiger partial charge is 0.868 e. The number of benzene rings is 7. The topological polar surface area (TPSA) is 123 Å². The zero-order valence-electron chi connectivity index (χ0n) is 27.8. The maximum absolute atomic E-state index is 10.8. The van der Waals surface area contributed by atoms with Gasteiger partial charge < -0.3 is 5.11 Å². The van der Waals surface area contributed by atoms with Crippen LogP contribution in [0.3, 0.4) is 0 Å². The van der Waals surface area contributed by atoms with Crippen molar-refractivity contribution >= 4 is 57.3 Å². The van der Waals surface area contributed by atoms with E-state index in [1.54, 1.807) is 0 Å². The van der Waals surface area contributed by atoms with Gasteiger partial charge >= 0.3 is 14.1 Å². The molecule has 0 N–H and O–H groups in total. The SMILES string of the molecule is O=[N+]([O-])c1ccc([O-])c([N+](=O)[O-])c1.c1ccc(P(=[N+]=P(c2ccccc2)(c2ccccc2)c2ccccc2)(c2ccccc2)c2ccccc2)cc1. The Kier molecular flexibility index (Phi) is 11.0. The third kappa shape index (κ3) is 7.27. The van der Waals surface area contributed by atoms with Gasteiger partial charge in [-0.3, -0.25) is 20.2 Å². The van der Waals surface area contributed by atoms with Crippen molar-refractivity contribution in [2.45, 2.75) is 0 Å². The molecule has 0 aliphatic carbocycles. The predicted octanol–water partition coefficient (Wildman–Crippen LogP) is 6.99. The van der Waals surface area contributed by atoms with E-state index in [0.717, 1.165) is 12.1 Å². The second-order valence-corrected chi connectivity index (χ2v) is 17.9. The van der Waals surface area contributed by atoms with Gasteiger partial charge in [0.2, 0.25) is 0 Å². The van der Waals surface area contributed by atoms with Crippen molar-refractivity contribution in [1.82, 2.24) is 4.17 Å². The molecule has 52 heavy (non-hydrogen) atoms. The molecule has 0 heterocycles. The minimum atomic E-state index is -2.50. The average molecular weight is 722 g/mol. The van der Waals surface area contributed by atoms with Crippen molar-refractivity contribution in [2.24, 2.45) is 0 Å². The highest BCUT2D eigenvalue weighted by molar-refractivity contribution is 7.93. The Hall–Kier alpha value is -6.29. The molecule has 7 aromatic rings. The lowest BCUT2D eigenvalue weighted by Crippen LogP contribution is -2.31. The fourth-order valence-electron chi connectivity index (χ4n) is 6.03. The van der Waals surface area contributed by atoms with Crippen LogP contribution in [0.1, 0.15) is 0 Å². The number of non-ortho nitro benzene ring substituents is 1. The zero-order chi connectivity index (χ0) is 36.4. The lowest BCUT2D eigenvalue weighted by Gasteiger charge is -2.20. The van der Waals surface area contributed by atoms with Crippen LogP contribution < -0.4 is 41.1 Å². The van der Waals surface area contributed by atoms with Gasteiger partial charge in [0.25, 0.3) is 11.4 Å². The Morgan fingerprint density at radius 3 is 0.885 bits per heavy atom. The van der Waals surface area contributed by atoms with E-state index in [0.29, 0.717) is 6.07 Å². The van der Waals surface area contributed by atoms with E-state index in [1.807, 2.05) is 0 Å². The molecule has 10 heteroatoms. The summed E-state index contributed by atoms with van der Waals surface area (Å²) in [4.78, 5) is 18.6. The molecule has 0 bridgehead atoms. The highest BCUT2D eigenvalue weighted by Gasteiger charge is 2.44. The first-order valence-electron chi connectivity index (χ1n) is 16.3. The highest BCUT2D eigenvalue weighted by atomic mass is 31.2. The Morgan fingerprint density at radius 2 is 0.654 bits per heavy atom. The first-order valence-corrected chi connectivity index (χ1v) is 19.8. The van der Waals surface area contributed by atoms with Gasteiger partial charge in [-0.25, -0.2) is 0 Å². The average Bonchev–Trinajstić information content (AvgIpc) is 3.21. The monoisotopic (exact) mass is 721 g/mol. The van der Waals surface area contributed by atoms with Gasteiger partial charge in [0.05, 0.1) is 47.7 Å². The van der Waals surface area contributed by atoms with Crippen LogP contribution in [0.15, 0.2) is 200 Å². The van der Waals surface area contributed by atoms with Crippen LogP contribution in [0.25, 0.3) is 0 Å². The van der Waals surface area contributed by atoms with E-state index < -0.39 is 41.1 Å². The number of hydrogen-bond acceptors (Lipinski definition) is 5. The van der Waals surface area contributed by atoms with Gasteiger partial charge in [-0.15, -0.1) is 4.17 Å². The summed E-state index contributed by atoms with van der Waals surface area (Å²) in [5.74, 6) is -0.837. The van der Waals surface area contributed by atoms with Crippen molar-refractivity contribution in [3.05, 3.63) is 220 Å². The lowest BCUT2D eigenvalue weighted by molar-refractivity contribution is -0.403. The lowest BCUT2D eigenvalue weighted by atomic mass is 10.2. The van der Waals surface area contributed by atoms with Crippen molar-refractivity contribution in [1.29, 1.82) is 0 Å². The van der Waals surface area contributed by atoms with Crippen LogP contribution in [-0.4, -0.2) is 9.85 Å². The first-order chi connectivity index (χ1) is 25.4. The molecule has 0 unspecified atom stereocenters. The molecular weight excluding hydrogens is 688 g/mol. The van der Waals surface area contributed by atoms with Gasteiger partial charge in [0.1, 0.15) is 0 Å². The van der Waals surface area contributed by atoms with Gasteiger partial charge in [-0.1, -0.05) is 115 Å². The number of nitrogens with zero attached hydrogens (tertiary/aromatic N) is 3. The standard InChI is InChI=1S/C36H30NP2.C6H4N2O5/c1-7-19-31(20-8-1)38(32-21-9-2-10-22-32,33-23-11-3-12-24-33)37-39(34-25-13-4-14-26-34,35-27-15-5-16-28-35)36-29-17-6-18-30-36;9-6-2-1-4(7(10)11)3-5(6)8(12)13/h1-30H;1-3,9H/q+1;/p-1. The maximum atomic E-state index is 10.8. The summed E-state index contributed by atoms with van der Waals surface area (Å²) in [6.45, 7) is 0. The van der Waals surface area contributed by atoms with Crippen molar-refractivity contribution < 1.29 is 15.0 Å². The quantitative estimate of drug-likeness (QED) is 0.0725. The molecule has 0 aromatic heterocycles. The van der Waals surface area contributed by atoms with Crippen LogP contribution >= 0.6 is 14.1 Å². The smallest absolute Gasteiger partial charge is 0.301 e. The van der Waals surface area contributed by atoms with Gasteiger partial charge in [-0.2, -0.15) is 0 Å². The second kappa shape index (κ2) is 16.2. The molecule has 0 amide bonds. The van der Waals surface area contributed by atoms with Crippen LogP contribution in [0, 0.1) is 20.2 Å². The Morgan fingerprint density at radius 1 is 0.385 bits per heavy atom. The first kappa shape index (κ1) is 35.5. The molecule has 0 aliphatic heterocycles. The van der Waals surface area contributed by atoms with Crippen molar-refractivity contribution in [3.63, 3.8) is 0 Å². The fourth-order valence-corrected chi connectivity index (χ4v) is 15.5. The summed E-state index contributed by atoms with van der Waals surface area (Å²) in [7, 11) is -4.99. The predicted molar refractivity (Wildman–Crippen MR) is 212 cm³/mol.